The molecule has 4 rings (SSSR count). The van der Waals surface area contributed by atoms with Crippen molar-refractivity contribution < 1.29 is 17.9 Å². The van der Waals surface area contributed by atoms with Gasteiger partial charge in [0.2, 0.25) is 0 Å². The molecule has 0 aliphatic carbocycles. The van der Waals surface area contributed by atoms with Crippen molar-refractivity contribution in [3.05, 3.63) is 99.4 Å². The number of nitrogens with one attached hydrogen (secondary N) is 1. The van der Waals surface area contributed by atoms with Crippen molar-refractivity contribution in [2.45, 2.75) is 26.2 Å². The molecule has 1 aliphatic rings. The zero-order valence-corrected chi connectivity index (χ0v) is 22.3. The predicted molar refractivity (Wildman–Crippen MR) is 145 cm³/mol. The van der Waals surface area contributed by atoms with Gasteiger partial charge in [0.05, 0.1) is 12.2 Å². The fourth-order valence-corrected chi connectivity index (χ4v) is 5.74. The van der Waals surface area contributed by atoms with Crippen LogP contribution in [0, 0.1) is 0 Å². The summed E-state index contributed by atoms with van der Waals surface area (Å²) in [5.74, 6) is -0.0203. The van der Waals surface area contributed by atoms with E-state index in [2.05, 4.69) is 26.1 Å². The molecular formula is C28H29ClN2O4S. The van der Waals surface area contributed by atoms with Gasteiger partial charge in [0.25, 0.3) is 15.9 Å². The Bertz CT molecular complexity index is 1410. The Balaban J connectivity index is 1.60. The number of anilines is 1. The van der Waals surface area contributed by atoms with Crippen molar-refractivity contribution in [2.24, 2.45) is 0 Å². The van der Waals surface area contributed by atoms with Crippen LogP contribution in [0.15, 0.2) is 77.7 Å². The Morgan fingerprint density at radius 2 is 1.67 bits per heavy atom. The molecule has 1 amide bonds. The van der Waals surface area contributed by atoms with Crippen LogP contribution in [0.2, 0.25) is 5.02 Å². The fraction of sp³-hybridized carbons (Fsp3) is 0.250. The van der Waals surface area contributed by atoms with Gasteiger partial charge in [-0.2, -0.15) is 0 Å². The number of carbonyl (C=O) groups is 1. The summed E-state index contributed by atoms with van der Waals surface area (Å²) in [6.07, 6.45) is 0. The quantitative estimate of drug-likeness (QED) is 0.440. The molecule has 6 nitrogen and oxygen atoms in total. The molecule has 3 aromatic carbocycles. The zero-order valence-electron chi connectivity index (χ0n) is 20.7. The second-order valence-corrected chi connectivity index (χ2v) is 11.9. The number of fused-ring (bicyclic) bond motifs is 1. The highest BCUT2D eigenvalue weighted by atomic mass is 35.5. The smallest absolute Gasteiger partial charge is 0.270 e. The second-order valence-electron chi connectivity index (χ2n) is 9.58. The van der Waals surface area contributed by atoms with Crippen LogP contribution in [0.1, 0.15) is 37.5 Å². The first-order chi connectivity index (χ1) is 17.0. The van der Waals surface area contributed by atoms with Gasteiger partial charge in [0.15, 0.2) is 4.91 Å². The molecule has 1 N–H and O–H groups in total. The average molecular weight is 525 g/mol. The highest BCUT2D eigenvalue weighted by Crippen LogP contribution is 2.43. The van der Waals surface area contributed by atoms with Gasteiger partial charge in [0, 0.05) is 23.2 Å². The van der Waals surface area contributed by atoms with Gasteiger partial charge in [0.1, 0.15) is 12.4 Å². The molecule has 0 saturated heterocycles. The second kappa shape index (κ2) is 9.99. The standard InChI is InChI=1S/C28H29ClN2O4S/c1-28(2,3)20-10-13-22(14-11-20)35-17-16-30-27(32)26-25(19-8-6-5-7-9-19)23-18-21(29)12-15-24(23)31(4)36(26,33)34/h5-15,18H,16-17H2,1-4H3,(H,30,32). The van der Waals surface area contributed by atoms with Crippen molar-refractivity contribution in [1.29, 1.82) is 0 Å². The molecule has 0 atom stereocenters. The van der Waals surface area contributed by atoms with Gasteiger partial charge >= 0.3 is 0 Å². The Morgan fingerprint density at radius 1 is 1.00 bits per heavy atom. The Kier molecular flexibility index (Phi) is 7.16. The first-order valence-electron chi connectivity index (χ1n) is 11.6. The van der Waals surface area contributed by atoms with Crippen LogP contribution in [0.25, 0.3) is 5.57 Å². The lowest BCUT2D eigenvalue weighted by molar-refractivity contribution is -0.116. The lowest BCUT2D eigenvalue weighted by Gasteiger charge is -2.31. The van der Waals surface area contributed by atoms with E-state index in [0.29, 0.717) is 33.2 Å². The number of carbonyl (C=O) groups excluding carboxylic acids is 1. The van der Waals surface area contributed by atoms with Crippen LogP contribution in [0.5, 0.6) is 5.75 Å². The van der Waals surface area contributed by atoms with E-state index in [1.807, 2.05) is 30.3 Å². The lowest BCUT2D eigenvalue weighted by Crippen LogP contribution is -2.40. The average Bonchev–Trinajstić information content (AvgIpc) is 2.84. The van der Waals surface area contributed by atoms with E-state index in [9.17, 15) is 13.2 Å². The number of rotatable bonds is 6. The number of nitrogens with zero attached hydrogens (tertiary/aromatic N) is 1. The van der Waals surface area contributed by atoms with Crippen LogP contribution < -0.4 is 14.4 Å². The van der Waals surface area contributed by atoms with Crippen LogP contribution in [-0.4, -0.2) is 34.5 Å². The maximum atomic E-state index is 13.5. The first kappa shape index (κ1) is 25.8. The van der Waals surface area contributed by atoms with Crippen molar-refractivity contribution >= 4 is 38.8 Å². The third-order valence-electron chi connectivity index (χ3n) is 6.06. The summed E-state index contributed by atoms with van der Waals surface area (Å²) < 4.78 is 33.9. The van der Waals surface area contributed by atoms with E-state index >= 15 is 0 Å². The van der Waals surface area contributed by atoms with E-state index in [1.165, 1.54) is 12.6 Å². The number of hydrogen-bond acceptors (Lipinski definition) is 4. The van der Waals surface area contributed by atoms with Crippen molar-refractivity contribution in [2.75, 3.05) is 24.5 Å². The molecule has 8 heteroatoms. The highest BCUT2D eigenvalue weighted by molar-refractivity contribution is 7.97. The maximum absolute atomic E-state index is 13.5. The summed E-state index contributed by atoms with van der Waals surface area (Å²) in [5.41, 5.74) is 3.19. The van der Waals surface area contributed by atoms with Gasteiger partial charge in [-0.15, -0.1) is 0 Å². The van der Waals surface area contributed by atoms with Crippen molar-refractivity contribution in [3.8, 4) is 5.75 Å². The highest BCUT2D eigenvalue weighted by Gasteiger charge is 2.39. The summed E-state index contributed by atoms with van der Waals surface area (Å²) in [6, 6.07) is 21.7. The lowest BCUT2D eigenvalue weighted by atomic mass is 9.87. The van der Waals surface area contributed by atoms with E-state index in [0.717, 1.165) is 4.31 Å². The minimum absolute atomic E-state index is 0.0399. The molecule has 188 valence electrons. The van der Waals surface area contributed by atoms with Gasteiger partial charge in [-0.1, -0.05) is 74.8 Å². The van der Waals surface area contributed by atoms with E-state index in [-0.39, 0.29) is 23.5 Å². The number of sulfonamides is 1. The summed E-state index contributed by atoms with van der Waals surface area (Å²) >= 11 is 6.26. The van der Waals surface area contributed by atoms with Gasteiger partial charge in [-0.25, -0.2) is 8.42 Å². The molecular weight excluding hydrogens is 496 g/mol. The molecule has 3 aromatic rings. The molecule has 1 heterocycles. The molecule has 0 saturated carbocycles. The minimum atomic E-state index is -4.12. The van der Waals surface area contributed by atoms with E-state index < -0.39 is 15.9 Å². The zero-order chi connectivity index (χ0) is 26.1. The molecule has 1 aliphatic heterocycles. The van der Waals surface area contributed by atoms with Crippen LogP contribution in [0.4, 0.5) is 5.69 Å². The third kappa shape index (κ3) is 5.13. The number of halogens is 1. The first-order valence-corrected chi connectivity index (χ1v) is 13.4. The van der Waals surface area contributed by atoms with Gasteiger partial charge in [-0.05, 0) is 46.9 Å². The van der Waals surface area contributed by atoms with Crippen molar-refractivity contribution in [3.63, 3.8) is 0 Å². The van der Waals surface area contributed by atoms with Crippen LogP contribution in [-0.2, 0) is 20.2 Å². The van der Waals surface area contributed by atoms with Gasteiger partial charge in [-0.3, -0.25) is 9.10 Å². The number of hydrogen-bond donors (Lipinski definition) is 1. The Morgan fingerprint density at radius 3 is 2.31 bits per heavy atom. The molecule has 0 spiro atoms. The maximum Gasteiger partial charge on any atom is 0.270 e. The summed E-state index contributed by atoms with van der Waals surface area (Å²) in [4.78, 5) is 13.0. The number of benzene rings is 3. The molecule has 0 aromatic heterocycles. The van der Waals surface area contributed by atoms with Crippen molar-refractivity contribution in [1.82, 2.24) is 5.32 Å². The largest absolute Gasteiger partial charge is 0.492 e. The fourth-order valence-electron chi connectivity index (χ4n) is 4.09. The van der Waals surface area contributed by atoms with Crippen LogP contribution in [0.3, 0.4) is 0 Å². The minimum Gasteiger partial charge on any atom is -0.492 e. The van der Waals surface area contributed by atoms with E-state index in [1.54, 1.807) is 42.5 Å². The van der Waals surface area contributed by atoms with Crippen LogP contribution >= 0.6 is 11.6 Å². The normalized spacial score (nSPS) is 14.9. The predicted octanol–water partition coefficient (Wildman–Crippen LogP) is 5.37. The molecule has 0 fully saturated rings. The van der Waals surface area contributed by atoms with E-state index in [4.69, 9.17) is 16.3 Å². The Labute approximate surface area is 217 Å². The topological polar surface area (TPSA) is 75.7 Å². The van der Waals surface area contributed by atoms with Gasteiger partial charge < -0.3 is 10.1 Å². The summed E-state index contributed by atoms with van der Waals surface area (Å²) in [5, 5.41) is 3.16. The molecule has 0 radical (unpaired) electrons. The SMILES string of the molecule is CN1c2ccc(Cl)cc2C(c2ccccc2)=C(C(=O)NCCOc2ccc(C(C)(C)C)cc2)S1(=O)=O. The molecule has 0 unspecified atom stereocenters. The summed E-state index contributed by atoms with van der Waals surface area (Å²) in [6.45, 7) is 6.74. The number of amides is 1. The summed E-state index contributed by atoms with van der Waals surface area (Å²) in [7, 11) is -2.68. The molecule has 0 bridgehead atoms. The third-order valence-corrected chi connectivity index (χ3v) is 8.12. The molecule has 36 heavy (non-hydrogen) atoms. The Hall–Kier alpha value is -3.29. The number of ether oxygens (including phenoxy) is 1. The monoisotopic (exact) mass is 524 g/mol.